The van der Waals surface area contributed by atoms with Crippen molar-refractivity contribution in [2.75, 3.05) is 37.5 Å². The van der Waals surface area contributed by atoms with Crippen LogP contribution >= 0.6 is 0 Å². The highest BCUT2D eigenvalue weighted by atomic mass is 32.2. The summed E-state index contributed by atoms with van der Waals surface area (Å²) in [5, 5.41) is 0. The summed E-state index contributed by atoms with van der Waals surface area (Å²) in [6.45, 7) is 1.23. The summed E-state index contributed by atoms with van der Waals surface area (Å²) in [6.07, 6.45) is 2.25. The molecular weight excluding hydrogens is 344 g/mol. The second-order valence-corrected chi connectivity index (χ2v) is 8.24. The number of anilines is 1. The first-order chi connectivity index (χ1) is 12.0. The van der Waals surface area contributed by atoms with Gasteiger partial charge in [-0.05, 0) is 24.5 Å². The first-order valence-electron chi connectivity index (χ1n) is 8.48. The first-order valence-corrected chi connectivity index (χ1v) is 10.1. The Hall–Kier alpha value is -1.48. The number of fused-ring (bicyclic) bond motifs is 1. The van der Waals surface area contributed by atoms with Crippen LogP contribution in [0.3, 0.4) is 0 Å². The van der Waals surface area contributed by atoms with Crippen LogP contribution in [0.4, 0.5) is 5.69 Å². The number of nitrogens with one attached hydrogen (secondary N) is 1. The van der Waals surface area contributed by atoms with E-state index in [-0.39, 0.29) is 18.8 Å². The van der Waals surface area contributed by atoms with Gasteiger partial charge in [0, 0.05) is 32.4 Å². The predicted molar refractivity (Wildman–Crippen MR) is 94.1 cm³/mol. The van der Waals surface area contributed by atoms with Gasteiger partial charge in [-0.25, -0.2) is 13.1 Å². The number of hydrogen-bond acceptors (Lipinski definition) is 5. The lowest BCUT2D eigenvalue weighted by Gasteiger charge is -2.34. The van der Waals surface area contributed by atoms with Gasteiger partial charge < -0.3 is 14.4 Å². The number of amides is 1. The molecule has 1 amide bonds. The maximum Gasteiger partial charge on any atom is 0.243 e. The van der Waals surface area contributed by atoms with Crippen molar-refractivity contribution in [2.45, 2.75) is 31.5 Å². The van der Waals surface area contributed by atoms with Crippen LogP contribution in [0.15, 0.2) is 24.3 Å². The van der Waals surface area contributed by atoms with Gasteiger partial charge in [0.25, 0.3) is 0 Å². The van der Waals surface area contributed by atoms with Gasteiger partial charge in [-0.1, -0.05) is 18.2 Å². The number of carbonyl (C=O) groups excluding carboxylic acids is 1. The topological polar surface area (TPSA) is 84.9 Å². The van der Waals surface area contributed by atoms with Gasteiger partial charge in [-0.3, -0.25) is 4.79 Å². The highest BCUT2D eigenvalue weighted by Gasteiger charge is 2.31. The van der Waals surface area contributed by atoms with Crippen LogP contribution in [-0.4, -0.2) is 59.1 Å². The molecule has 2 aliphatic heterocycles. The highest BCUT2D eigenvalue weighted by molar-refractivity contribution is 7.90. The summed E-state index contributed by atoms with van der Waals surface area (Å²) in [4.78, 5) is 14.2. The molecule has 7 nitrogen and oxygen atoms in total. The largest absolute Gasteiger partial charge is 0.379 e. The third kappa shape index (κ3) is 4.58. The van der Waals surface area contributed by atoms with Gasteiger partial charge >= 0.3 is 0 Å². The fourth-order valence-corrected chi connectivity index (χ4v) is 4.29. The predicted octanol–water partition coefficient (Wildman–Crippen LogP) is 0.689. The van der Waals surface area contributed by atoms with E-state index in [0.717, 1.165) is 24.1 Å². The Morgan fingerprint density at radius 2 is 2.20 bits per heavy atom. The summed E-state index contributed by atoms with van der Waals surface area (Å²) < 4.78 is 37.8. The molecule has 1 aromatic rings. The van der Waals surface area contributed by atoms with E-state index in [1.54, 1.807) is 7.11 Å². The molecule has 1 N–H and O–H groups in total. The van der Waals surface area contributed by atoms with E-state index < -0.39 is 21.7 Å². The Morgan fingerprint density at radius 1 is 1.40 bits per heavy atom. The second-order valence-electron chi connectivity index (χ2n) is 6.44. The molecule has 138 valence electrons. The molecule has 1 saturated heterocycles. The maximum atomic E-state index is 12.7. The minimum absolute atomic E-state index is 0.0986. The lowest BCUT2D eigenvalue weighted by Crippen LogP contribution is -2.47. The van der Waals surface area contributed by atoms with Crippen molar-refractivity contribution in [1.82, 2.24) is 4.72 Å². The molecule has 1 aromatic carbocycles. The van der Waals surface area contributed by atoms with Crippen LogP contribution in [0, 0.1) is 0 Å². The normalized spacial score (nSPS) is 23.5. The minimum Gasteiger partial charge on any atom is -0.379 e. The number of hydrogen-bond donors (Lipinski definition) is 1. The van der Waals surface area contributed by atoms with Crippen LogP contribution in [0.2, 0.25) is 0 Å². The van der Waals surface area contributed by atoms with E-state index in [4.69, 9.17) is 9.47 Å². The zero-order chi connectivity index (χ0) is 17.9. The molecule has 2 aliphatic rings. The van der Waals surface area contributed by atoms with Crippen LogP contribution in [-0.2, 0) is 30.7 Å². The second kappa shape index (κ2) is 7.82. The SMILES string of the molecule is CO[C@H]1Cc2ccccc2N(C(=O)CS(=O)(=O)NC[C@@H]2CCCO2)C1. The summed E-state index contributed by atoms with van der Waals surface area (Å²) in [5.41, 5.74) is 1.74. The van der Waals surface area contributed by atoms with Gasteiger partial charge in [-0.15, -0.1) is 0 Å². The van der Waals surface area contributed by atoms with E-state index in [2.05, 4.69) is 4.72 Å². The number of para-hydroxylation sites is 1. The van der Waals surface area contributed by atoms with Crippen LogP contribution in [0.1, 0.15) is 18.4 Å². The van der Waals surface area contributed by atoms with Gasteiger partial charge in [0.15, 0.2) is 0 Å². The number of sulfonamides is 1. The average Bonchev–Trinajstić information content (AvgIpc) is 3.12. The zero-order valence-electron chi connectivity index (χ0n) is 14.3. The molecule has 0 aromatic heterocycles. The molecule has 0 unspecified atom stereocenters. The fourth-order valence-electron chi connectivity index (χ4n) is 3.27. The number of benzene rings is 1. The van der Waals surface area contributed by atoms with Crippen LogP contribution < -0.4 is 9.62 Å². The summed E-state index contributed by atoms with van der Waals surface area (Å²) in [6, 6.07) is 7.52. The van der Waals surface area contributed by atoms with E-state index >= 15 is 0 Å². The van der Waals surface area contributed by atoms with Gasteiger partial charge in [0.1, 0.15) is 5.75 Å². The Balaban J connectivity index is 1.67. The summed E-state index contributed by atoms with van der Waals surface area (Å²) in [7, 11) is -2.11. The molecule has 25 heavy (non-hydrogen) atoms. The fraction of sp³-hybridized carbons (Fsp3) is 0.588. The van der Waals surface area contributed by atoms with Crippen molar-refractivity contribution in [3.05, 3.63) is 29.8 Å². The molecule has 0 bridgehead atoms. The molecule has 3 rings (SSSR count). The quantitative estimate of drug-likeness (QED) is 0.799. The van der Waals surface area contributed by atoms with E-state index in [1.807, 2.05) is 24.3 Å². The number of nitrogens with zero attached hydrogens (tertiary/aromatic N) is 1. The van der Waals surface area contributed by atoms with Gasteiger partial charge in [0.2, 0.25) is 15.9 Å². The van der Waals surface area contributed by atoms with Crippen molar-refractivity contribution < 1.29 is 22.7 Å². The lowest BCUT2D eigenvalue weighted by atomic mass is 9.99. The van der Waals surface area contributed by atoms with E-state index in [9.17, 15) is 13.2 Å². The molecule has 1 fully saturated rings. The van der Waals surface area contributed by atoms with Crippen molar-refractivity contribution >= 4 is 21.6 Å². The van der Waals surface area contributed by atoms with Gasteiger partial charge in [0.05, 0.1) is 18.8 Å². The van der Waals surface area contributed by atoms with E-state index in [1.165, 1.54) is 4.90 Å². The van der Waals surface area contributed by atoms with E-state index in [0.29, 0.717) is 19.6 Å². The third-order valence-electron chi connectivity index (χ3n) is 4.62. The number of carbonyl (C=O) groups is 1. The van der Waals surface area contributed by atoms with Crippen molar-refractivity contribution in [2.24, 2.45) is 0 Å². The Kier molecular flexibility index (Phi) is 5.73. The molecule has 0 spiro atoms. The highest BCUT2D eigenvalue weighted by Crippen LogP contribution is 2.28. The smallest absolute Gasteiger partial charge is 0.243 e. The standard InChI is InChI=1S/C17H24N2O5S/c1-23-15-9-13-5-2-3-7-16(13)19(11-15)17(20)12-25(21,22)18-10-14-6-4-8-24-14/h2-3,5,7,14-15,18H,4,6,8-12H2,1H3/t14-,15-/m0/s1. The Morgan fingerprint density at radius 3 is 2.92 bits per heavy atom. The molecular formula is C17H24N2O5S. The van der Waals surface area contributed by atoms with Crippen molar-refractivity contribution in [3.63, 3.8) is 0 Å². The zero-order valence-corrected chi connectivity index (χ0v) is 15.1. The third-order valence-corrected chi connectivity index (χ3v) is 5.85. The average molecular weight is 368 g/mol. The molecule has 2 atom stereocenters. The maximum absolute atomic E-state index is 12.7. The Labute approximate surface area is 148 Å². The molecule has 2 heterocycles. The minimum atomic E-state index is -3.71. The number of ether oxygens (including phenoxy) is 2. The first kappa shape index (κ1) is 18.3. The number of methoxy groups -OCH3 is 1. The monoisotopic (exact) mass is 368 g/mol. The van der Waals surface area contributed by atoms with Gasteiger partial charge in [-0.2, -0.15) is 0 Å². The number of rotatable bonds is 6. The Bertz CT molecular complexity index is 716. The van der Waals surface area contributed by atoms with Crippen molar-refractivity contribution in [3.8, 4) is 0 Å². The molecule has 0 aliphatic carbocycles. The molecule has 0 radical (unpaired) electrons. The molecule has 0 saturated carbocycles. The van der Waals surface area contributed by atoms with Crippen LogP contribution in [0.5, 0.6) is 0 Å². The van der Waals surface area contributed by atoms with Crippen molar-refractivity contribution in [1.29, 1.82) is 0 Å². The lowest BCUT2D eigenvalue weighted by molar-refractivity contribution is -0.116. The summed E-state index contributed by atoms with van der Waals surface area (Å²) >= 11 is 0. The van der Waals surface area contributed by atoms with Crippen LogP contribution in [0.25, 0.3) is 0 Å². The summed E-state index contributed by atoms with van der Waals surface area (Å²) in [5.74, 6) is -1.03. The molecule has 8 heteroatoms.